The molecule has 0 radical (unpaired) electrons. The van der Waals surface area contributed by atoms with E-state index in [0.29, 0.717) is 24.0 Å². The van der Waals surface area contributed by atoms with Gasteiger partial charge in [-0.15, -0.1) is 0 Å². The van der Waals surface area contributed by atoms with Gasteiger partial charge in [-0.3, -0.25) is 0 Å². The number of rotatable bonds is 4. The molecular formula is C11H13ClN4O. The van der Waals surface area contributed by atoms with Crippen LogP contribution in [0.15, 0.2) is 18.5 Å². The second-order valence-corrected chi connectivity index (χ2v) is 4.05. The molecule has 0 aliphatic rings. The summed E-state index contributed by atoms with van der Waals surface area (Å²) in [5.41, 5.74) is 0.839. The van der Waals surface area contributed by atoms with Crippen molar-refractivity contribution >= 4 is 11.6 Å². The van der Waals surface area contributed by atoms with Crippen LogP contribution < -0.4 is 0 Å². The SMILES string of the molecule is COCc1nc(Cl)cc(Cc2nccn2C)n1. The second kappa shape index (κ2) is 5.25. The molecule has 6 heteroatoms. The molecule has 2 aromatic rings. The van der Waals surface area contributed by atoms with Crippen LogP contribution in [-0.2, 0) is 24.8 Å². The molecule has 2 rings (SSSR count). The fourth-order valence-corrected chi connectivity index (χ4v) is 1.75. The Morgan fingerprint density at radius 1 is 1.41 bits per heavy atom. The molecule has 0 saturated carbocycles. The molecule has 0 aliphatic heterocycles. The largest absolute Gasteiger partial charge is 0.377 e. The van der Waals surface area contributed by atoms with Gasteiger partial charge in [0.1, 0.15) is 17.6 Å². The Labute approximate surface area is 104 Å². The average molecular weight is 253 g/mol. The quantitative estimate of drug-likeness (QED) is 0.776. The van der Waals surface area contributed by atoms with Crippen LogP contribution in [0.5, 0.6) is 0 Å². The molecule has 0 fully saturated rings. The zero-order valence-corrected chi connectivity index (χ0v) is 10.5. The van der Waals surface area contributed by atoms with Gasteiger partial charge in [0.2, 0.25) is 0 Å². The third-order valence-electron chi connectivity index (χ3n) is 2.33. The molecule has 0 bridgehead atoms. The highest BCUT2D eigenvalue weighted by Crippen LogP contribution is 2.11. The zero-order chi connectivity index (χ0) is 12.3. The lowest BCUT2D eigenvalue weighted by Gasteiger charge is -2.04. The summed E-state index contributed by atoms with van der Waals surface area (Å²) in [6, 6.07) is 1.75. The first kappa shape index (κ1) is 12.0. The highest BCUT2D eigenvalue weighted by atomic mass is 35.5. The second-order valence-electron chi connectivity index (χ2n) is 3.66. The Balaban J connectivity index is 2.23. The smallest absolute Gasteiger partial charge is 0.155 e. The summed E-state index contributed by atoms with van der Waals surface area (Å²) in [6.45, 7) is 0.355. The molecule has 5 nitrogen and oxygen atoms in total. The first-order valence-corrected chi connectivity index (χ1v) is 5.54. The van der Waals surface area contributed by atoms with Gasteiger partial charge in [0, 0.05) is 33.0 Å². The van der Waals surface area contributed by atoms with Crippen molar-refractivity contribution in [3.8, 4) is 0 Å². The Morgan fingerprint density at radius 3 is 2.88 bits per heavy atom. The van der Waals surface area contributed by atoms with E-state index in [1.54, 1.807) is 19.4 Å². The number of imidazole rings is 1. The van der Waals surface area contributed by atoms with Crippen molar-refractivity contribution < 1.29 is 4.74 Å². The molecule has 0 aliphatic carbocycles. The van der Waals surface area contributed by atoms with Gasteiger partial charge in [0.25, 0.3) is 0 Å². The molecule has 0 N–H and O–H groups in total. The van der Waals surface area contributed by atoms with Crippen LogP contribution in [-0.4, -0.2) is 26.6 Å². The number of aromatic nitrogens is 4. The minimum atomic E-state index is 0.355. The fourth-order valence-electron chi connectivity index (χ4n) is 1.53. The zero-order valence-electron chi connectivity index (χ0n) is 9.72. The lowest BCUT2D eigenvalue weighted by Crippen LogP contribution is -2.04. The summed E-state index contributed by atoms with van der Waals surface area (Å²) in [6.07, 6.45) is 4.28. The summed E-state index contributed by atoms with van der Waals surface area (Å²) < 4.78 is 6.94. The summed E-state index contributed by atoms with van der Waals surface area (Å²) in [5.74, 6) is 1.52. The van der Waals surface area contributed by atoms with E-state index in [1.165, 1.54) is 0 Å². The standard InChI is InChI=1S/C11H13ClN4O/c1-16-4-3-13-11(16)6-8-5-9(12)15-10(14-8)7-17-2/h3-5H,6-7H2,1-2H3. The first-order valence-electron chi connectivity index (χ1n) is 5.16. The molecule has 0 saturated heterocycles. The van der Waals surface area contributed by atoms with Crippen LogP contribution >= 0.6 is 11.6 Å². The monoisotopic (exact) mass is 252 g/mol. The molecule has 0 spiro atoms. The number of hydrogen-bond donors (Lipinski definition) is 0. The van der Waals surface area contributed by atoms with Crippen LogP contribution in [0.3, 0.4) is 0 Å². The highest BCUT2D eigenvalue weighted by molar-refractivity contribution is 6.29. The van der Waals surface area contributed by atoms with Gasteiger partial charge in [-0.25, -0.2) is 15.0 Å². The lowest BCUT2D eigenvalue weighted by molar-refractivity contribution is 0.177. The van der Waals surface area contributed by atoms with E-state index in [-0.39, 0.29) is 0 Å². The third kappa shape index (κ3) is 3.01. The molecule has 90 valence electrons. The number of nitrogens with zero attached hydrogens (tertiary/aromatic N) is 4. The lowest BCUT2D eigenvalue weighted by atomic mass is 10.3. The number of aryl methyl sites for hydroxylation is 1. The summed E-state index contributed by atoms with van der Waals surface area (Å²) in [5, 5.41) is 0.427. The van der Waals surface area contributed by atoms with Crippen molar-refractivity contribution in [3.05, 3.63) is 41.0 Å². The van der Waals surface area contributed by atoms with Gasteiger partial charge in [0.15, 0.2) is 5.82 Å². The van der Waals surface area contributed by atoms with Gasteiger partial charge in [0.05, 0.1) is 5.69 Å². The maximum Gasteiger partial charge on any atom is 0.155 e. The molecular weight excluding hydrogens is 240 g/mol. The predicted molar refractivity (Wildman–Crippen MR) is 63.8 cm³/mol. The van der Waals surface area contributed by atoms with Gasteiger partial charge in [-0.1, -0.05) is 11.6 Å². The molecule has 0 unspecified atom stereocenters. The number of hydrogen-bond acceptors (Lipinski definition) is 4. The van der Waals surface area contributed by atoms with Crippen LogP contribution in [0.25, 0.3) is 0 Å². The molecule has 2 aromatic heterocycles. The molecule has 0 atom stereocenters. The van der Waals surface area contributed by atoms with E-state index in [4.69, 9.17) is 16.3 Å². The van der Waals surface area contributed by atoms with Crippen LogP contribution in [0, 0.1) is 0 Å². The summed E-state index contributed by atoms with van der Waals surface area (Å²) >= 11 is 5.93. The van der Waals surface area contributed by atoms with E-state index in [2.05, 4.69) is 15.0 Å². The number of halogens is 1. The van der Waals surface area contributed by atoms with Gasteiger partial charge < -0.3 is 9.30 Å². The molecule has 0 amide bonds. The number of ether oxygens (including phenoxy) is 1. The Bertz CT molecular complexity index is 512. The van der Waals surface area contributed by atoms with E-state index < -0.39 is 0 Å². The van der Waals surface area contributed by atoms with Crippen molar-refractivity contribution in [2.75, 3.05) is 7.11 Å². The minimum Gasteiger partial charge on any atom is -0.377 e. The molecule has 0 aromatic carbocycles. The predicted octanol–water partition coefficient (Wildman–Crippen LogP) is 1.60. The number of methoxy groups -OCH3 is 1. The van der Waals surface area contributed by atoms with E-state index >= 15 is 0 Å². The van der Waals surface area contributed by atoms with Gasteiger partial charge >= 0.3 is 0 Å². The Morgan fingerprint density at radius 2 is 2.24 bits per heavy atom. The van der Waals surface area contributed by atoms with Crippen molar-refractivity contribution in [3.63, 3.8) is 0 Å². The van der Waals surface area contributed by atoms with Crippen LogP contribution in [0.2, 0.25) is 5.15 Å². The topological polar surface area (TPSA) is 52.8 Å². The van der Waals surface area contributed by atoms with Crippen LogP contribution in [0.4, 0.5) is 0 Å². The van der Waals surface area contributed by atoms with Crippen LogP contribution in [0.1, 0.15) is 17.3 Å². The van der Waals surface area contributed by atoms with E-state index in [0.717, 1.165) is 11.5 Å². The van der Waals surface area contributed by atoms with Crippen molar-refractivity contribution in [2.45, 2.75) is 13.0 Å². The fraction of sp³-hybridized carbons (Fsp3) is 0.364. The summed E-state index contributed by atoms with van der Waals surface area (Å²) in [7, 11) is 3.55. The average Bonchev–Trinajstić information content (AvgIpc) is 2.64. The minimum absolute atomic E-state index is 0.355. The maximum absolute atomic E-state index is 5.93. The van der Waals surface area contributed by atoms with E-state index in [9.17, 15) is 0 Å². The Kier molecular flexibility index (Phi) is 3.71. The van der Waals surface area contributed by atoms with Crippen molar-refractivity contribution in [1.29, 1.82) is 0 Å². The highest BCUT2D eigenvalue weighted by Gasteiger charge is 2.06. The van der Waals surface area contributed by atoms with Gasteiger partial charge in [-0.2, -0.15) is 0 Å². The summed E-state index contributed by atoms with van der Waals surface area (Å²) in [4.78, 5) is 12.7. The first-order chi connectivity index (χ1) is 8.19. The normalized spacial score (nSPS) is 10.8. The molecule has 2 heterocycles. The van der Waals surface area contributed by atoms with E-state index in [1.807, 2.05) is 17.8 Å². The van der Waals surface area contributed by atoms with Crippen molar-refractivity contribution in [2.24, 2.45) is 7.05 Å². The van der Waals surface area contributed by atoms with Gasteiger partial charge in [-0.05, 0) is 6.07 Å². The molecule has 17 heavy (non-hydrogen) atoms. The maximum atomic E-state index is 5.93. The van der Waals surface area contributed by atoms with Crippen molar-refractivity contribution in [1.82, 2.24) is 19.5 Å². The Hall–Kier alpha value is -1.46. The third-order valence-corrected chi connectivity index (χ3v) is 2.52.